The molecule has 0 aromatic carbocycles. The molecular formula is C13H22. The standard InChI is InChI=1S/C7H10.C4H8.C2H4/c1-7-5-3-2-4-6-7;1-3-4-2;1-2/h3,5-6H,2,4H2,1H3;3-4H,1-2H3;1-2H2/b;4-3-;. The Morgan fingerprint density at radius 2 is 1.69 bits per heavy atom. The highest BCUT2D eigenvalue weighted by Gasteiger charge is 1.86. The van der Waals surface area contributed by atoms with Crippen molar-refractivity contribution in [1.29, 1.82) is 0 Å². The second-order valence-electron chi connectivity index (χ2n) is 2.59. The van der Waals surface area contributed by atoms with Gasteiger partial charge in [0, 0.05) is 0 Å². The average molecular weight is 178 g/mol. The van der Waals surface area contributed by atoms with Crippen LogP contribution in [-0.2, 0) is 0 Å². The molecule has 0 nitrogen and oxygen atoms in total. The lowest BCUT2D eigenvalue weighted by atomic mass is 10.1. The highest BCUT2D eigenvalue weighted by molar-refractivity contribution is 5.18. The Morgan fingerprint density at radius 3 is 1.85 bits per heavy atom. The van der Waals surface area contributed by atoms with Crippen LogP contribution in [0.5, 0.6) is 0 Å². The molecule has 0 bridgehead atoms. The lowest BCUT2D eigenvalue weighted by Gasteiger charge is -1.96. The van der Waals surface area contributed by atoms with E-state index in [9.17, 15) is 0 Å². The zero-order valence-electron chi connectivity index (χ0n) is 9.22. The second kappa shape index (κ2) is 13.5. The largest absolute Gasteiger partial charge is 0.106 e. The zero-order chi connectivity index (χ0) is 10.5. The van der Waals surface area contributed by atoms with E-state index >= 15 is 0 Å². The van der Waals surface area contributed by atoms with Crippen LogP contribution in [0, 0.1) is 0 Å². The van der Waals surface area contributed by atoms with Crippen molar-refractivity contribution in [3.8, 4) is 0 Å². The van der Waals surface area contributed by atoms with Crippen molar-refractivity contribution >= 4 is 0 Å². The molecule has 0 amide bonds. The Hall–Kier alpha value is -1.04. The third-order valence-corrected chi connectivity index (χ3v) is 1.51. The van der Waals surface area contributed by atoms with E-state index in [1.54, 1.807) is 0 Å². The summed E-state index contributed by atoms with van der Waals surface area (Å²) in [7, 11) is 0. The minimum atomic E-state index is 1.23. The molecule has 0 heteroatoms. The summed E-state index contributed by atoms with van der Waals surface area (Å²) in [6, 6.07) is 0. The molecule has 0 N–H and O–H groups in total. The molecule has 0 saturated carbocycles. The average Bonchev–Trinajstić information content (AvgIpc) is 2.22. The summed E-state index contributed by atoms with van der Waals surface area (Å²) in [6.45, 7) is 12.1. The van der Waals surface area contributed by atoms with E-state index in [0.717, 1.165) is 0 Å². The summed E-state index contributed by atoms with van der Waals surface area (Å²) >= 11 is 0. The van der Waals surface area contributed by atoms with Gasteiger partial charge in [-0.3, -0.25) is 0 Å². The zero-order valence-corrected chi connectivity index (χ0v) is 9.22. The minimum absolute atomic E-state index is 1.23. The lowest BCUT2D eigenvalue weighted by Crippen LogP contribution is -1.76. The third-order valence-electron chi connectivity index (χ3n) is 1.51. The smallest absolute Gasteiger partial charge is 0.0310 e. The predicted octanol–water partition coefficient (Wildman–Crippen LogP) is 4.67. The molecular weight excluding hydrogens is 156 g/mol. The molecule has 0 spiro atoms. The maximum absolute atomic E-state index is 3.00. The van der Waals surface area contributed by atoms with Crippen LogP contribution in [0.4, 0.5) is 0 Å². The van der Waals surface area contributed by atoms with Gasteiger partial charge in [0.25, 0.3) is 0 Å². The summed E-state index contributed by atoms with van der Waals surface area (Å²) in [4.78, 5) is 0. The fourth-order valence-corrected chi connectivity index (χ4v) is 0.744. The molecule has 13 heavy (non-hydrogen) atoms. The molecule has 0 fully saturated rings. The Balaban J connectivity index is 0. The third kappa shape index (κ3) is 13.9. The Bertz CT molecular complexity index is 166. The molecule has 1 aliphatic carbocycles. The Kier molecular flexibility index (Phi) is 15.1. The highest BCUT2D eigenvalue weighted by atomic mass is 13.9. The van der Waals surface area contributed by atoms with Crippen LogP contribution >= 0.6 is 0 Å². The first-order valence-corrected chi connectivity index (χ1v) is 4.72. The monoisotopic (exact) mass is 178 g/mol. The van der Waals surface area contributed by atoms with Crippen molar-refractivity contribution in [2.24, 2.45) is 0 Å². The van der Waals surface area contributed by atoms with Gasteiger partial charge in [-0.25, -0.2) is 0 Å². The van der Waals surface area contributed by atoms with E-state index in [2.05, 4.69) is 38.3 Å². The van der Waals surface area contributed by atoms with Gasteiger partial charge in [0.1, 0.15) is 0 Å². The molecule has 74 valence electrons. The van der Waals surface area contributed by atoms with E-state index in [1.807, 2.05) is 26.0 Å². The van der Waals surface area contributed by atoms with E-state index in [1.165, 1.54) is 18.4 Å². The molecule has 0 radical (unpaired) electrons. The Labute approximate surface area is 83.4 Å². The van der Waals surface area contributed by atoms with Crippen molar-refractivity contribution in [2.45, 2.75) is 33.6 Å². The van der Waals surface area contributed by atoms with Gasteiger partial charge in [-0.1, -0.05) is 36.0 Å². The van der Waals surface area contributed by atoms with Gasteiger partial charge in [0.2, 0.25) is 0 Å². The fourth-order valence-electron chi connectivity index (χ4n) is 0.744. The van der Waals surface area contributed by atoms with Gasteiger partial charge >= 0.3 is 0 Å². The van der Waals surface area contributed by atoms with E-state index in [4.69, 9.17) is 0 Å². The number of hydrogen-bond acceptors (Lipinski definition) is 0. The van der Waals surface area contributed by atoms with Gasteiger partial charge in [-0.2, -0.15) is 0 Å². The number of rotatable bonds is 0. The molecule has 1 aliphatic rings. The fraction of sp³-hybridized carbons (Fsp3) is 0.385. The van der Waals surface area contributed by atoms with Crippen LogP contribution in [0.1, 0.15) is 33.6 Å². The first-order chi connectivity index (χ1) is 6.31. The summed E-state index contributed by atoms with van der Waals surface area (Å²) in [5.41, 5.74) is 1.41. The molecule has 1 rings (SSSR count). The Morgan fingerprint density at radius 1 is 1.15 bits per heavy atom. The van der Waals surface area contributed by atoms with Crippen molar-refractivity contribution in [3.05, 3.63) is 49.1 Å². The summed E-state index contributed by atoms with van der Waals surface area (Å²) in [5, 5.41) is 0. The van der Waals surface area contributed by atoms with E-state index in [-0.39, 0.29) is 0 Å². The van der Waals surface area contributed by atoms with E-state index < -0.39 is 0 Å². The normalized spacial score (nSPS) is 13.6. The summed E-state index contributed by atoms with van der Waals surface area (Å²) in [5.74, 6) is 0. The lowest BCUT2D eigenvalue weighted by molar-refractivity contribution is 1.02. The van der Waals surface area contributed by atoms with Crippen LogP contribution < -0.4 is 0 Å². The molecule has 0 saturated heterocycles. The highest BCUT2D eigenvalue weighted by Crippen LogP contribution is 2.06. The van der Waals surface area contributed by atoms with Gasteiger partial charge in [-0.15, -0.1) is 13.2 Å². The summed E-state index contributed by atoms with van der Waals surface area (Å²) < 4.78 is 0. The molecule has 0 atom stereocenters. The quantitative estimate of drug-likeness (QED) is 0.473. The van der Waals surface area contributed by atoms with Crippen LogP contribution in [0.2, 0.25) is 0 Å². The van der Waals surface area contributed by atoms with E-state index in [0.29, 0.717) is 0 Å². The van der Waals surface area contributed by atoms with Crippen LogP contribution in [0.25, 0.3) is 0 Å². The van der Waals surface area contributed by atoms with Gasteiger partial charge in [-0.05, 0) is 33.6 Å². The second-order valence-corrected chi connectivity index (χ2v) is 2.59. The van der Waals surface area contributed by atoms with Crippen LogP contribution in [0.3, 0.4) is 0 Å². The maximum Gasteiger partial charge on any atom is -0.0310 e. The van der Waals surface area contributed by atoms with Gasteiger partial charge < -0.3 is 0 Å². The maximum atomic E-state index is 3.00. The molecule has 0 aromatic rings. The van der Waals surface area contributed by atoms with Crippen molar-refractivity contribution < 1.29 is 0 Å². The summed E-state index contributed by atoms with van der Waals surface area (Å²) in [6.07, 6.45) is 13.1. The minimum Gasteiger partial charge on any atom is -0.106 e. The van der Waals surface area contributed by atoms with Gasteiger partial charge in [0.15, 0.2) is 0 Å². The molecule has 0 aromatic heterocycles. The van der Waals surface area contributed by atoms with Crippen LogP contribution in [0.15, 0.2) is 49.1 Å². The number of allylic oxidation sites excluding steroid dienone is 6. The van der Waals surface area contributed by atoms with Crippen molar-refractivity contribution in [3.63, 3.8) is 0 Å². The molecule has 0 aliphatic heterocycles. The first kappa shape index (κ1) is 14.5. The SMILES string of the molecule is C/C=C\C.C=C.CC1=CCCC=C1. The van der Waals surface area contributed by atoms with Crippen molar-refractivity contribution in [2.75, 3.05) is 0 Å². The predicted molar refractivity (Wildman–Crippen MR) is 63.9 cm³/mol. The van der Waals surface area contributed by atoms with Crippen molar-refractivity contribution in [1.82, 2.24) is 0 Å². The first-order valence-electron chi connectivity index (χ1n) is 4.72. The van der Waals surface area contributed by atoms with Crippen LogP contribution in [-0.4, -0.2) is 0 Å². The molecule has 0 unspecified atom stereocenters. The topological polar surface area (TPSA) is 0 Å². The number of hydrogen-bond donors (Lipinski definition) is 0. The molecule has 0 heterocycles. The van der Waals surface area contributed by atoms with Gasteiger partial charge in [0.05, 0.1) is 0 Å².